The lowest BCUT2D eigenvalue weighted by Gasteiger charge is -2.46. The van der Waals surface area contributed by atoms with Crippen molar-refractivity contribution in [1.29, 1.82) is 0 Å². The third-order valence-corrected chi connectivity index (χ3v) is 8.22. The monoisotopic (exact) mass is 587 g/mol. The standard InChI is InChI=1S/C28H31F3N2O2.C4H9NO2/c1-18(20-7-5-19(17-34)6-8-20)33-25(35)24(21-9-11-23(12-10-21)28(29,30)31)32-27(33)15-13-22(14-16-27)26(2,3)4;1-5-3-2-4(6)7/h5-12,17-18,22H,13-16H2,1-4H3;5H,2-3H2,1H3,(H,6,7)/t18-,22?,27?;/m1./s1. The Morgan fingerprint density at radius 1 is 1.10 bits per heavy atom. The van der Waals surface area contributed by atoms with E-state index in [-0.39, 0.29) is 29.5 Å². The van der Waals surface area contributed by atoms with E-state index < -0.39 is 23.4 Å². The number of aliphatic imine (C=N–C) groups is 1. The molecule has 2 aliphatic rings. The summed E-state index contributed by atoms with van der Waals surface area (Å²) in [4.78, 5) is 41.4. The Kier molecular flexibility index (Phi) is 10.4. The quantitative estimate of drug-likeness (QED) is 0.359. The minimum Gasteiger partial charge on any atom is -0.481 e. The number of nitrogens with zero attached hydrogens (tertiary/aromatic N) is 2. The van der Waals surface area contributed by atoms with E-state index in [4.69, 9.17) is 10.1 Å². The predicted molar refractivity (Wildman–Crippen MR) is 155 cm³/mol. The van der Waals surface area contributed by atoms with Gasteiger partial charge in [0.05, 0.1) is 18.0 Å². The van der Waals surface area contributed by atoms with E-state index >= 15 is 0 Å². The zero-order valence-corrected chi connectivity index (χ0v) is 24.8. The summed E-state index contributed by atoms with van der Waals surface area (Å²) < 4.78 is 39.2. The van der Waals surface area contributed by atoms with Crippen molar-refractivity contribution in [2.24, 2.45) is 16.3 Å². The molecule has 1 atom stereocenters. The summed E-state index contributed by atoms with van der Waals surface area (Å²) in [5, 5.41) is 10.7. The summed E-state index contributed by atoms with van der Waals surface area (Å²) in [5.41, 5.74) is 0.690. The van der Waals surface area contributed by atoms with Crippen molar-refractivity contribution >= 4 is 23.9 Å². The van der Waals surface area contributed by atoms with Gasteiger partial charge >= 0.3 is 12.1 Å². The van der Waals surface area contributed by atoms with Crippen molar-refractivity contribution < 1.29 is 32.7 Å². The summed E-state index contributed by atoms with van der Waals surface area (Å²) >= 11 is 0. The minimum absolute atomic E-state index is 0.144. The van der Waals surface area contributed by atoms with Crippen molar-refractivity contribution in [3.63, 3.8) is 0 Å². The lowest BCUT2D eigenvalue weighted by atomic mass is 9.69. The molecule has 4 rings (SSSR count). The molecule has 0 saturated heterocycles. The number of aldehydes is 1. The zero-order valence-electron chi connectivity index (χ0n) is 24.8. The Hall–Kier alpha value is -3.53. The molecule has 10 heteroatoms. The number of carboxylic acid groups (broad SMARTS) is 1. The highest BCUT2D eigenvalue weighted by molar-refractivity contribution is 6.46. The fraction of sp³-hybridized carbons (Fsp3) is 0.500. The van der Waals surface area contributed by atoms with Crippen LogP contribution in [0.2, 0.25) is 0 Å². The lowest BCUT2D eigenvalue weighted by molar-refractivity contribution is -0.138. The Labute approximate surface area is 245 Å². The number of amides is 1. The molecule has 1 spiro atoms. The van der Waals surface area contributed by atoms with Gasteiger partial charge in [-0.2, -0.15) is 13.2 Å². The Morgan fingerprint density at radius 3 is 2.10 bits per heavy atom. The number of nitrogens with one attached hydrogen (secondary N) is 1. The zero-order chi connectivity index (χ0) is 31.3. The normalized spacial score (nSPS) is 21.4. The van der Waals surface area contributed by atoms with Crippen LogP contribution in [0.3, 0.4) is 0 Å². The molecule has 1 aliphatic carbocycles. The molecule has 42 heavy (non-hydrogen) atoms. The van der Waals surface area contributed by atoms with Crippen LogP contribution < -0.4 is 5.32 Å². The van der Waals surface area contributed by atoms with Crippen LogP contribution in [0.15, 0.2) is 53.5 Å². The number of hydrogen-bond donors (Lipinski definition) is 2. The molecule has 0 unspecified atom stereocenters. The number of carbonyl (C=O) groups excluding carboxylic acids is 2. The Morgan fingerprint density at radius 2 is 1.67 bits per heavy atom. The fourth-order valence-corrected chi connectivity index (χ4v) is 5.69. The molecule has 0 bridgehead atoms. The lowest BCUT2D eigenvalue weighted by Crippen LogP contribution is -2.50. The highest BCUT2D eigenvalue weighted by atomic mass is 19.4. The number of carboxylic acids is 1. The molecule has 2 aromatic rings. The van der Waals surface area contributed by atoms with Crippen LogP contribution >= 0.6 is 0 Å². The molecule has 228 valence electrons. The first kappa shape index (κ1) is 33.0. The summed E-state index contributed by atoms with van der Waals surface area (Å²) in [5.74, 6) is -0.530. The van der Waals surface area contributed by atoms with Crippen LogP contribution in [-0.2, 0) is 15.8 Å². The second-order valence-electron chi connectivity index (χ2n) is 12.0. The average Bonchev–Trinajstić information content (AvgIpc) is 3.22. The summed E-state index contributed by atoms with van der Waals surface area (Å²) in [7, 11) is 1.73. The third-order valence-electron chi connectivity index (χ3n) is 8.22. The molecule has 1 aliphatic heterocycles. The van der Waals surface area contributed by atoms with Crippen molar-refractivity contribution in [2.75, 3.05) is 13.6 Å². The number of carbonyl (C=O) groups is 3. The number of aliphatic carboxylic acids is 1. The number of benzene rings is 2. The van der Waals surface area contributed by atoms with Crippen LogP contribution in [0.1, 0.15) is 92.9 Å². The van der Waals surface area contributed by atoms with Crippen LogP contribution in [0.25, 0.3) is 0 Å². The van der Waals surface area contributed by atoms with Gasteiger partial charge in [0.1, 0.15) is 17.7 Å². The summed E-state index contributed by atoms with van der Waals surface area (Å²) in [6, 6.07) is 11.5. The maximum absolute atomic E-state index is 13.8. The van der Waals surface area contributed by atoms with E-state index in [1.54, 1.807) is 19.2 Å². The summed E-state index contributed by atoms with van der Waals surface area (Å²) in [6.45, 7) is 9.16. The third kappa shape index (κ3) is 7.65. The molecule has 1 heterocycles. The number of hydrogen-bond acceptors (Lipinski definition) is 5. The molecule has 0 aromatic heterocycles. The first-order chi connectivity index (χ1) is 19.6. The molecule has 1 saturated carbocycles. The molecule has 2 aromatic carbocycles. The maximum Gasteiger partial charge on any atom is 0.416 e. The van der Waals surface area contributed by atoms with E-state index in [2.05, 4.69) is 26.1 Å². The van der Waals surface area contributed by atoms with E-state index in [0.717, 1.165) is 36.8 Å². The number of rotatable bonds is 7. The number of alkyl halides is 3. The predicted octanol–water partition coefficient (Wildman–Crippen LogP) is 6.52. The van der Waals surface area contributed by atoms with Gasteiger partial charge < -0.3 is 15.3 Å². The first-order valence-corrected chi connectivity index (χ1v) is 14.2. The molecule has 1 amide bonds. The molecule has 0 radical (unpaired) electrons. The van der Waals surface area contributed by atoms with Gasteiger partial charge in [-0.25, -0.2) is 0 Å². The molecular formula is C32H40F3N3O4. The van der Waals surface area contributed by atoms with Gasteiger partial charge in [0.2, 0.25) is 0 Å². The van der Waals surface area contributed by atoms with E-state index in [1.807, 2.05) is 24.0 Å². The minimum atomic E-state index is -4.44. The second kappa shape index (κ2) is 13.2. The van der Waals surface area contributed by atoms with Gasteiger partial charge in [0.15, 0.2) is 0 Å². The smallest absolute Gasteiger partial charge is 0.416 e. The van der Waals surface area contributed by atoms with Gasteiger partial charge in [-0.1, -0.05) is 57.2 Å². The van der Waals surface area contributed by atoms with E-state index in [0.29, 0.717) is 36.4 Å². The van der Waals surface area contributed by atoms with Crippen LogP contribution in [-0.4, -0.2) is 53.1 Å². The summed E-state index contributed by atoms with van der Waals surface area (Å²) in [6.07, 6.45) is -0.251. The van der Waals surface area contributed by atoms with Gasteiger partial charge in [-0.3, -0.25) is 19.4 Å². The molecule has 1 fully saturated rings. The van der Waals surface area contributed by atoms with E-state index in [1.165, 1.54) is 12.1 Å². The van der Waals surface area contributed by atoms with Crippen molar-refractivity contribution in [3.05, 3.63) is 70.8 Å². The fourth-order valence-electron chi connectivity index (χ4n) is 5.69. The average molecular weight is 588 g/mol. The van der Waals surface area contributed by atoms with Crippen LogP contribution in [0.4, 0.5) is 13.2 Å². The highest BCUT2D eigenvalue weighted by Gasteiger charge is 2.52. The first-order valence-electron chi connectivity index (χ1n) is 14.2. The highest BCUT2D eigenvalue weighted by Crippen LogP contribution is 2.49. The van der Waals surface area contributed by atoms with Crippen molar-refractivity contribution in [2.45, 2.75) is 77.7 Å². The molecule has 7 nitrogen and oxygen atoms in total. The topological polar surface area (TPSA) is 99.1 Å². The molecular weight excluding hydrogens is 547 g/mol. The van der Waals surface area contributed by atoms with Gasteiger partial charge in [0.25, 0.3) is 5.91 Å². The van der Waals surface area contributed by atoms with Crippen molar-refractivity contribution in [3.8, 4) is 0 Å². The van der Waals surface area contributed by atoms with Crippen LogP contribution in [0, 0.1) is 11.3 Å². The number of halogens is 3. The van der Waals surface area contributed by atoms with Gasteiger partial charge in [-0.15, -0.1) is 0 Å². The largest absolute Gasteiger partial charge is 0.481 e. The second-order valence-corrected chi connectivity index (χ2v) is 12.0. The SMILES string of the molecule is CNCCC(=O)O.C[C@H](c1ccc(C=O)cc1)N1C(=O)C(c2ccc(C(F)(F)F)cc2)=NC12CCC(C(C)(C)C)CC2. The van der Waals surface area contributed by atoms with E-state index in [9.17, 15) is 27.6 Å². The maximum atomic E-state index is 13.8. The Balaban J connectivity index is 0.000000616. The van der Waals surface area contributed by atoms with Crippen molar-refractivity contribution in [1.82, 2.24) is 10.2 Å². The van der Waals surface area contributed by atoms with Crippen LogP contribution in [0.5, 0.6) is 0 Å². The van der Waals surface area contributed by atoms with Gasteiger partial charge in [-0.05, 0) is 68.7 Å². The van der Waals surface area contributed by atoms with Gasteiger partial charge in [0, 0.05) is 17.7 Å². The Bertz CT molecular complexity index is 1270. The molecule has 2 N–H and O–H groups in total.